The first-order chi connectivity index (χ1) is 11.6. The van der Waals surface area contributed by atoms with Crippen molar-refractivity contribution in [3.05, 3.63) is 74.0 Å². The fraction of sp³-hybridized carbons (Fsp3) is 0.0556. The van der Waals surface area contributed by atoms with Crippen LogP contribution < -0.4 is 0 Å². The zero-order chi connectivity index (χ0) is 17.1. The van der Waals surface area contributed by atoms with E-state index in [0.717, 1.165) is 15.7 Å². The van der Waals surface area contributed by atoms with E-state index >= 15 is 0 Å². The molecular weight excluding hydrogens is 408 g/mol. The molecular formula is C18H10BrClN2OS. The first kappa shape index (κ1) is 16.8. The van der Waals surface area contributed by atoms with Crippen LogP contribution in [-0.2, 0) is 0 Å². The van der Waals surface area contributed by atoms with Crippen LogP contribution >= 0.6 is 38.9 Å². The quantitative estimate of drug-likeness (QED) is 0.510. The molecule has 118 valence electrons. The summed E-state index contributed by atoms with van der Waals surface area (Å²) in [5.41, 5.74) is 2.12. The fourth-order valence-corrected chi connectivity index (χ4v) is 3.44. The number of carbonyl (C=O) groups is 1. The van der Waals surface area contributed by atoms with Gasteiger partial charge in [0.05, 0.1) is 11.8 Å². The van der Waals surface area contributed by atoms with Gasteiger partial charge in [-0.3, -0.25) is 4.79 Å². The highest BCUT2D eigenvalue weighted by Gasteiger charge is 2.25. The lowest BCUT2D eigenvalue weighted by Crippen LogP contribution is -2.11. The Morgan fingerprint density at radius 3 is 2.46 bits per heavy atom. The molecule has 0 saturated carbocycles. The third kappa shape index (κ3) is 3.57. The van der Waals surface area contributed by atoms with Crippen LogP contribution in [0.3, 0.4) is 0 Å². The van der Waals surface area contributed by atoms with Crippen molar-refractivity contribution in [3.63, 3.8) is 0 Å². The zero-order valence-corrected chi connectivity index (χ0v) is 15.4. The lowest BCUT2D eigenvalue weighted by molar-refractivity contribution is 0.0979. The molecule has 1 atom stereocenters. The Kier molecular flexibility index (Phi) is 5.10. The van der Waals surface area contributed by atoms with Gasteiger partial charge >= 0.3 is 0 Å². The number of Topliss-reactive ketones (excluding diaryl/α,β-unsaturated/α-hetero) is 1. The number of rotatable bonds is 4. The summed E-state index contributed by atoms with van der Waals surface area (Å²) in [7, 11) is 0. The predicted octanol–water partition coefficient (Wildman–Crippen LogP) is 5.72. The summed E-state index contributed by atoms with van der Waals surface area (Å²) in [5.74, 6) is -1.15. The Morgan fingerprint density at radius 2 is 1.83 bits per heavy atom. The minimum absolute atomic E-state index is 0.248. The smallest absolute Gasteiger partial charge is 0.186 e. The van der Waals surface area contributed by atoms with Gasteiger partial charge in [0, 0.05) is 26.0 Å². The lowest BCUT2D eigenvalue weighted by Gasteiger charge is -2.05. The third-order valence-electron chi connectivity index (χ3n) is 3.43. The summed E-state index contributed by atoms with van der Waals surface area (Å²) in [5, 5.41) is 12.4. The van der Waals surface area contributed by atoms with Crippen LogP contribution in [0.25, 0.3) is 11.3 Å². The highest BCUT2D eigenvalue weighted by atomic mass is 79.9. The highest BCUT2D eigenvalue weighted by Crippen LogP contribution is 2.29. The SMILES string of the molecule is N#CC(C(=O)c1ccc(Br)cc1)c1nc(-c2ccc(Cl)cc2)cs1. The molecule has 24 heavy (non-hydrogen) atoms. The summed E-state index contributed by atoms with van der Waals surface area (Å²) < 4.78 is 0.881. The van der Waals surface area contributed by atoms with Crippen LogP contribution in [0.2, 0.25) is 5.02 Å². The maximum atomic E-state index is 12.6. The van der Waals surface area contributed by atoms with E-state index in [1.807, 2.05) is 17.5 Å². The van der Waals surface area contributed by atoms with Crippen molar-refractivity contribution < 1.29 is 4.79 Å². The Balaban J connectivity index is 1.89. The maximum absolute atomic E-state index is 12.6. The minimum Gasteiger partial charge on any atom is -0.292 e. The topological polar surface area (TPSA) is 53.8 Å². The van der Waals surface area contributed by atoms with Crippen molar-refractivity contribution in [2.45, 2.75) is 5.92 Å². The van der Waals surface area contributed by atoms with Gasteiger partial charge in [0.1, 0.15) is 5.01 Å². The van der Waals surface area contributed by atoms with Crippen molar-refractivity contribution in [3.8, 4) is 17.3 Å². The largest absolute Gasteiger partial charge is 0.292 e. The summed E-state index contributed by atoms with van der Waals surface area (Å²) in [4.78, 5) is 17.1. The molecule has 0 aliphatic heterocycles. The van der Waals surface area contributed by atoms with Gasteiger partial charge in [0.2, 0.25) is 0 Å². The van der Waals surface area contributed by atoms with E-state index in [4.69, 9.17) is 11.6 Å². The Hall–Kier alpha value is -2.00. The van der Waals surface area contributed by atoms with Crippen LogP contribution in [0.15, 0.2) is 58.4 Å². The van der Waals surface area contributed by atoms with E-state index in [-0.39, 0.29) is 5.78 Å². The summed E-state index contributed by atoms with van der Waals surface area (Å²) >= 11 is 10.5. The van der Waals surface area contributed by atoms with Gasteiger partial charge in [-0.2, -0.15) is 5.26 Å². The van der Waals surface area contributed by atoms with Gasteiger partial charge in [-0.15, -0.1) is 11.3 Å². The molecule has 3 nitrogen and oxygen atoms in total. The number of aromatic nitrogens is 1. The van der Waals surface area contributed by atoms with Gasteiger partial charge in [0.25, 0.3) is 0 Å². The monoisotopic (exact) mass is 416 g/mol. The van der Waals surface area contributed by atoms with E-state index in [2.05, 4.69) is 27.0 Å². The van der Waals surface area contributed by atoms with Gasteiger partial charge in [-0.1, -0.05) is 51.8 Å². The van der Waals surface area contributed by atoms with E-state index in [1.54, 1.807) is 36.4 Å². The number of benzene rings is 2. The molecule has 0 fully saturated rings. The fourth-order valence-electron chi connectivity index (χ4n) is 2.18. The molecule has 0 aliphatic carbocycles. The van der Waals surface area contributed by atoms with E-state index in [9.17, 15) is 10.1 Å². The maximum Gasteiger partial charge on any atom is 0.186 e. The number of ketones is 1. The number of carbonyl (C=O) groups excluding carboxylic acids is 1. The molecule has 0 N–H and O–H groups in total. The second kappa shape index (κ2) is 7.27. The Labute approximate surface area is 156 Å². The molecule has 3 rings (SSSR count). The third-order valence-corrected chi connectivity index (χ3v) is 5.12. The number of thiazole rings is 1. The molecule has 1 aromatic heterocycles. The van der Waals surface area contributed by atoms with Crippen molar-refractivity contribution in [1.82, 2.24) is 4.98 Å². The van der Waals surface area contributed by atoms with Gasteiger partial charge in [-0.05, 0) is 24.3 Å². The van der Waals surface area contributed by atoms with Crippen molar-refractivity contribution >= 4 is 44.7 Å². The van der Waals surface area contributed by atoms with Crippen LogP contribution in [0.1, 0.15) is 21.3 Å². The summed E-state index contributed by atoms with van der Waals surface area (Å²) in [6, 6.07) is 16.3. The average molecular weight is 418 g/mol. The summed E-state index contributed by atoms with van der Waals surface area (Å²) in [6.07, 6.45) is 0. The molecule has 0 radical (unpaired) electrons. The molecule has 1 unspecified atom stereocenters. The standard InChI is InChI=1S/C18H10BrClN2OS/c19-13-5-1-12(2-6-13)17(23)15(9-21)18-22-16(10-24-18)11-3-7-14(20)8-4-11/h1-8,10,15H. The highest BCUT2D eigenvalue weighted by molar-refractivity contribution is 9.10. The van der Waals surface area contributed by atoms with Crippen molar-refractivity contribution in [2.24, 2.45) is 0 Å². The Bertz CT molecular complexity index is 913. The number of halogens is 2. The van der Waals surface area contributed by atoms with Gasteiger partial charge in [0.15, 0.2) is 11.7 Å². The van der Waals surface area contributed by atoms with E-state index < -0.39 is 5.92 Å². The molecule has 0 aliphatic rings. The second-order valence-electron chi connectivity index (χ2n) is 5.01. The molecule has 3 aromatic rings. The first-order valence-corrected chi connectivity index (χ1v) is 9.04. The molecule has 0 spiro atoms. The van der Waals surface area contributed by atoms with Crippen LogP contribution in [0, 0.1) is 11.3 Å². The van der Waals surface area contributed by atoms with E-state index in [0.29, 0.717) is 15.6 Å². The van der Waals surface area contributed by atoms with Crippen molar-refractivity contribution in [1.29, 1.82) is 5.26 Å². The number of nitrogens with zero attached hydrogens (tertiary/aromatic N) is 2. The average Bonchev–Trinajstić information content (AvgIpc) is 3.06. The van der Waals surface area contributed by atoms with Gasteiger partial charge in [-0.25, -0.2) is 4.98 Å². The van der Waals surface area contributed by atoms with Crippen LogP contribution in [0.5, 0.6) is 0 Å². The number of nitriles is 1. The molecule has 1 heterocycles. The summed E-state index contributed by atoms with van der Waals surface area (Å²) in [6.45, 7) is 0. The lowest BCUT2D eigenvalue weighted by atomic mass is 9.99. The van der Waals surface area contributed by atoms with Crippen molar-refractivity contribution in [2.75, 3.05) is 0 Å². The molecule has 2 aromatic carbocycles. The normalized spacial score (nSPS) is 11.7. The zero-order valence-electron chi connectivity index (χ0n) is 12.2. The van der Waals surface area contributed by atoms with E-state index in [1.165, 1.54) is 11.3 Å². The minimum atomic E-state index is -0.905. The van der Waals surface area contributed by atoms with Crippen LogP contribution in [0.4, 0.5) is 0 Å². The molecule has 0 saturated heterocycles. The second-order valence-corrected chi connectivity index (χ2v) is 7.25. The number of hydrogen-bond acceptors (Lipinski definition) is 4. The molecule has 6 heteroatoms. The molecule has 0 bridgehead atoms. The molecule has 0 amide bonds. The predicted molar refractivity (Wildman–Crippen MR) is 99.4 cm³/mol. The first-order valence-electron chi connectivity index (χ1n) is 6.99. The Morgan fingerprint density at radius 1 is 1.17 bits per heavy atom. The van der Waals surface area contributed by atoms with Crippen LogP contribution in [-0.4, -0.2) is 10.8 Å². The van der Waals surface area contributed by atoms with Gasteiger partial charge < -0.3 is 0 Å². The number of hydrogen-bond donors (Lipinski definition) is 0.